The van der Waals surface area contributed by atoms with Crippen LogP contribution in [0.2, 0.25) is 0 Å². The van der Waals surface area contributed by atoms with Crippen LogP contribution in [-0.4, -0.2) is 23.6 Å². The van der Waals surface area contributed by atoms with Crippen LogP contribution in [0.4, 0.5) is 0 Å². The average molecular weight is 169 g/mol. The number of nitrogens with one attached hydrogen (secondary N) is 1. The Morgan fingerprint density at radius 2 is 2.44 bits per heavy atom. The molecule has 1 amide bonds. The summed E-state index contributed by atoms with van der Waals surface area (Å²) < 4.78 is 0. The Balaban J connectivity index is 0.000000640. The van der Waals surface area contributed by atoms with E-state index in [0.29, 0.717) is 0 Å². The molecule has 1 rings (SSSR count). The van der Waals surface area contributed by atoms with Gasteiger partial charge in [0, 0.05) is 11.6 Å². The number of carbonyl (C=O) groups is 1. The molecule has 3 nitrogen and oxygen atoms in total. The highest BCUT2D eigenvalue weighted by Crippen LogP contribution is 2.07. The molecule has 1 atom stereocenters. The minimum atomic E-state index is -0.241. The average Bonchev–Trinajstić information content (AvgIpc) is 2.12. The predicted molar refractivity (Wildman–Crippen MR) is 40.7 cm³/mol. The second-order valence-corrected chi connectivity index (χ2v) is 2.70. The van der Waals surface area contributed by atoms with Gasteiger partial charge in [0.1, 0.15) is 0 Å². The summed E-state index contributed by atoms with van der Waals surface area (Å²) in [6, 6.07) is -0.0833. The fraction of sp³-hybridized carbons (Fsp3) is 0.750. The van der Waals surface area contributed by atoms with Crippen molar-refractivity contribution in [3.05, 3.63) is 0 Å². The lowest BCUT2D eigenvalue weighted by Gasteiger charge is -1.99. The van der Waals surface area contributed by atoms with Gasteiger partial charge in [0.15, 0.2) is 0 Å². The van der Waals surface area contributed by atoms with Crippen LogP contribution in [0.5, 0.6) is 0 Å². The van der Waals surface area contributed by atoms with Gasteiger partial charge in [-0.3, -0.25) is 10.1 Å². The van der Waals surface area contributed by atoms with Crippen LogP contribution < -0.4 is 11.1 Å². The highest BCUT2D eigenvalue weighted by Gasteiger charge is 2.18. The smallest absolute Gasteiger partial charge is 0.235 e. The fourth-order valence-corrected chi connectivity index (χ4v) is 1.53. The van der Waals surface area contributed by atoms with Gasteiger partial charge in [0.05, 0.1) is 6.04 Å². The number of primary amides is 1. The molecule has 54 valence electrons. The first kappa shape index (κ1) is 9.07. The monoisotopic (exact) mass is 168 g/mol. The highest BCUT2D eigenvalue weighted by atomic mass is 35.5. The lowest BCUT2D eigenvalue weighted by Crippen LogP contribution is -2.38. The lowest BCUT2D eigenvalue weighted by molar-refractivity contribution is -0.119. The molecule has 0 aromatic rings. The van der Waals surface area contributed by atoms with Crippen LogP contribution in [0.25, 0.3) is 0 Å². The van der Waals surface area contributed by atoms with Crippen LogP contribution in [0.3, 0.4) is 0 Å². The van der Waals surface area contributed by atoms with Gasteiger partial charge in [0.25, 0.3) is 0 Å². The summed E-state index contributed by atoms with van der Waals surface area (Å²) >= 11 is 1.70. The van der Waals surface area contributed by atoms with Gasteiger partial charge in [-0.2, -0.15) is 0 Å². The molecule has 1 unspecified atom stereocenters. The number of hydrogen-bond acceptors (Lipinski definition) is 3. The molecule has 1 aliphatic rings. The largest absolute Gasteiger partial charge is 0.368 e. The standard InChI is InChI=1S/C4H8N2OS.ClH/c5-4(7)3-1-8-2-6-3;/h3,6H,1-2H2,(H2,5,7);1H. The van der Waals surface area contributed by atoms with Gasteiger partial charge >= 0.3 is 0 Å². The van der Waals surface area contributed by atoms with Crippen LogP contribution in [-0.2, 0) is 4.79 Å². The number of hydrogen-bond donors (Lipinski definition) is 2. The van der Waals surface area contributed by atoms with Crippen molar-refractivity contribution >= 4 is 30.1 Å². The molecule has 5 heteroatoms. The predicted octanol–water partition coefficient (Wildman–Crippen LogP) is -0.444. The first-order chi connectivity index (χ1) is 3.80. The SMILES string of the molecule is Cl.NC(=O)C1CSCN1. The zero-order chi connectivity index (χ0) is 5.98. The summed E-state index contributed by atoms with van der Waals surface area (Å²) in [5.41, 5.74) is 4.98. The molecule has 1 saturated heterocycles. The number of nitrogens with two attached hydrogens (primary N) is 1. The molecule has 0 aromatic heterocycles. The molecule has 0 spiro atoms. The topological polar surface area (TPSA) is 55.1 Å². The molecule has 1 heterocycles. The minimum Gasteiger partial charge on any atom is -0.368 e. The van der Waals surface area contributed by atoms with E-state index in [1.54, 1.807) is 11.8 Å². The van der Waals surface area contributed by atoms with Gasteiger partial charge < -0.3 is 5.73 Å². The Morgan fingerprint density at radius 3 is 2.67 bits per heavy atom. The van der Waals surface area contributed by atoms with Crippen molar-refractivity contribution in [1.82, 2.24) is 5.32 Å². The number of halogens is 1. The molecule has 0 bridgehead atoms. The van der Waals surface area contributed by atoms with Crippen LogP contribution >= 0.6 is 24.2 Å². The Morgan fingerprint density at radius 1 is 1.78 bits per heavy atom. The summed E-state index contributed by atoms with van der Waals surface area (Å²) in [5.74, 6) is 1.44. The van der Waals surface area contributed by atoms with E-state index < -0.39 is 0 Å². The zero-order valence-corrected chi connectivity index (χ0v) is 6.43. The molecule has 9 heavy (non-hydrogen) atoms. The van der Waals surface area contributed by atoms with Crippen molar-refractivity contribution in [1.29, 1.82) is 0 Å². The van der Waals surface area contributed by atoms with Gasteiger partial charge in [-0.1, -0.05) is 0 Å². The van der Waals surface area contributed by atoms with E-state index in [1.807, 2.05) is 0 Å². The first-order valence-corrected chi connectivity index (χ1v) is 3.56. The van der Waals surface area contributed by atoms with Crippen molar-refractivity contribution in [3.8, 4) is 0 Å². The molecule has 0 saturated carbocycles. The van der Waals surface area contributed by atoms with Crippen molar-refractivity contribution in [3.63, 3.8) is 0 Å². The third-order valence-electron chi connectivity index (χ3n) is 1.06. The van der Waals surface area contributed by atoms with Gasteiger partial charge in [-0.05, 0) is 0 Å². The number of amides is 1. The molecule has 3 N–H and O–H groups in total. The quantitative estimate of drug-likeness (QED) is 0.558. The Kier molecular flexibility index (Phi) is 4.01. The van der Waals surface area contributed by atoms with Gasteiger partial charge in [-0.15, -0.1) is 24.2 Å². The maximum atomic E-state index is 10.3. The summed E-state index contributed by atoms with van der Waals surface area (Å²) in [7, 11) is 0. The van der Waals surface area contributed by atoms with E-state index >= 15 is 0 Å². The minimum absolute atomic E-state index is 0. The van der Waals surface area contributed by atoms with E-state index in [9.17, 15) is 4.79 Å². The Labute approximate surface area is 64.2 Å². The fourth-order valence-electron chi connectivity index (χ4n) is 0.578. The third kappa shape index (κ3) is 2.43. The van der Waals surface area contributed by atoms with E-state index in [1.165, 1.54) is 0 Å². The summed E-state index contributed by atoms with van der Waals surface area (Å²) in [4.78, 5) is 10.3. The van der Waals surface area contributed by atoms with E-state index in [-0.39, 0.29) is 24.4 Å². The summed E-state index contributed by atoms with van der Waals surface area (Å²) in [5, 5.41) is 2.94. The molecular weight excluding hydrogens is 160 g/mol. The highest BCUT2D eigenvalue weighted by molar-refractivity contribution is 7.99. The van der Waals surface area contributed by atoms with Gasteiger partial charge in [-0.25, -0.2) is 0 Å². The molecule has 0 aromatic carbocycles. The summed E-state index contributed by atoms with van der Waals surface area (Å²) in [6.07, 6.45) is 0. The maximum absolute atomic E-state index is 10.3. The van der Waals surface area contributed by atoms with Crippen LogP contribution in [0.1, 0.15) is 0 Å². The lowest BCUT2D eigenvalue weighted by atomic mass is 10.3. The molecular formula is C4H9ClN2OS. The van der Waals surface area contributed by atoms with E-state index in [2.05, 4.69) is 5.32 Å². The maximum Gasteiger partial charge on any atom is 0.235 e. The molecule has 0 radical (unpaired) electrons. The van der Waals surface area contributed by atoms with Crippen molar-refractivity contribution in [2.75, 3.05) is 11.6 Å². The van der Waals surface area contributed by atoms with Crippen molar-refractivity contribution in [2.24, 2.45) is 5.73 Å². The number of carbonyl (C=O) groups excluding carboxylic acids is 1. The summed E-state index contributed by atoms with van der Waals surface area (Å²) in [6.45, 7) is 0. The number of rotatable bonds is 1. The molecule has 1 fully saturated rings. The van der Waals surface area contributed by atoms with E-state index in [4.69, 9.17) is 5.73 Å². The Bertz CT molecular complexity index is 105. The Hall–Kier alpha value is 0.0700. The zero-order valence-electron chi connectivity index (χ0n) is 4.79. The van der Waals surface area contributed by atoms with Crippen molar-refractivity contribution < 1.29 is 4.79 Å². The number of thioether (sulfide) groups is 1. The second kappa shape index (κ2) is 3.98. The van der Waals surface area contributed by atoms with Crippen LogP contribution in [0.15, 0.2) is 0 Å². The van der Waals surface area contributed by atoms with Crippen molar-refractivity contribution in [2.45, 2.75) is 6.04 Å². The molecule has 1 aliphatic heterocycles. The second-order valence-electron chi connectivity index (χ2n) is 1.67. The third-order valence-corrected chi connectivity index (χ3v) is 2.00. The van der Waals surface area contributed by atoms with Crippen LogP contribution in [0, 0.1) is 0 Å². The molecule has 0 aliphatic carbocycles. The first-order valence-electron chi connectivity index (χ1n) is 2.41. The van der Waals surface area contributed by atoms with E-state index in [0.717, 1.165) is 11.6 Å². The normalized spacial score (nSPS) is 25.1. The van der Waals surface area contributed by atoms with Gasteiger partial charge in [0.2, 0.25) is 5.91 Å².